The van der Waals surface area contributed by atoms with Crippen LogP contribution in [0, 0.1) is 10.8 Å². The van der Waals surface area contributed by atoms with Gasteiger partial charge in [0.25, 0.3) is 0 Å². The fourth-order valence-corrected chi connectivity index (χ4v) is 11.6. The average Bonchev–Trinajstić information content (AvgIpc) is 3.94. The number of anilines is 1. The second-order valence-electron chi connectivity index (χ2n) is 20.7. The van der Waals surface area contributed by atoms with Gasteiger partial charge in [0.05, 0.1) is 44.9 Å². The van der Waals surface area contributed by atoms with E-state index < -0.39 is 28.7 Å². The standard InChI is InChI=1S/C25H24ClN5.C18H11Cl2N3.C12H22N2O2.2O2S/c26-21-14-28-24(29-17-12-25(13-17)10-16(27)11-25)30-23(21)20-15-31(18-6-2-1-3-7-18)22-9-5-4-8-19(20)22;19-15-10-21-18(20)22-17(15)14-11-23(12-6-2-1-3-7-12)16-9-5-4-8-13(14)16;1-11(2,3)16-10(15)14-9-6-12(7-9)4-8(13)5-12;2*1-3-2/h1-9,14-17H,10-13,27H2,(H,28,29,30);1-11H;8-9H,4-7,13H2,1-3H3,(H,14,15);;. The number of nitrogens with zero attached hydrogens (tertiary/aromatic N) is 6. The van der Waals surface area contributed by atoms with Crippen molar-refractivity contribution in [3.63, 3.8) is 0 Å². The highest BCUT2D eigenvalue weighted by Gasteiger charge is 2.53. The average molecular weight is 1120 g/mol. The molecule has 396 valence electrons. The molecular weight excluding hydrogens is 1070 g/mol. The molecule has 0 atom stereocenters. The number of nitrogens with one attached hydrogen (secondary N) is 2. The minimum absolute atomic E-state index is 0.181. The Hall–Kier alpha value is -6.38. The van der Waals surface area contributed by atoms with Gasteiger partial charge < -0.3 is 36.0 Å². The molecule has 8 aromatic rings. The summed E-state index contributed by atoms with van der Waals surface area (Å²) in [5, 5.41) is 9.81. The SMILES string of the molecule is CC(C)(C)OC(=O)NC1CC2(CC(N)C2)C1.Clc1ncc(Cl)c(-c2cn(-c3ccccc3)c3ccccc23)n1.NC1CC2(C1)CC(Nc1ncc(Cl)c(-c3cn(-c4ccccc4)c4ccccc34)n1)C2.O=S=O.O=S=O. The minimum Gasteiger partial charge on any atom is -0.444 e. The largest absolute Gasteiger partial charge is 0.444 e. The predicted octanol–water partition coefficient (Wildman–Crippen LogP) is 11.3. The number of ether oxygens (including phenoxy) is 1. The summed E-state index contributed by atoms with van der Waals surface area (Å²) in [6, 6.07) is 38.4. The second kappa shape index (κ2) is 24.3. The molecule has 0 aliphatic heterocycles. The summed E-state index contributed by atoms with van der Waals surface area (Å²) >= 11 is 17.3. The first-order valence-corrected chi connectivity index (χ1v) is 27.1. The van der Waals surface area contributed by atoms with Gasteiger partial charge in [-0.15, -0.1) is 0 Å². The molecule has 21 heteroatoms. The lowest BCUT2D eigenvalue weighted by molar-refractivity contribution is -0.0228. The number of hydrogen-bond acceptors (Lipinski definition) is 13. The number of carbonyl (C=O) groups excluding carboxylic acids is 1. The topological polar surface area (TPSA) is 232 Å². The van der Waals surface area contributed by atoms with Crippen molar-refractivity contribution < 1.29 is 26.4 Å². The van der Waals surface area contributed by atoms with Crippen LogP contribution in [0.1, 0.15) is 72.1 Å². The van der Waals surface area contributed by atoms with E-state index in [1.54, 1.807) is 6.20 Å². The lowest BCUT2D eigenvalue weighted by Crippen LogP contribution is -2.59. The van der Waals surface area contributed by atoms with Gasteiger partial charge in [0, 0.05) is 69.8 Å². The first-order valence-electron chi connectivity index (χ1n) is 24.6. The molecule has 4 heterocycles. The molecule has 4 fully saturated rings. The zero-order valence-corrected chi connectivity index (χ0v) is 45.8. The van der Waals surface area contributed by atoms with Crippen LogP contribution >= 0.6 is 34.8 Å². The number of hydrogen-bond donors (Lipinski definition) is 4. The molecule has 4 saturated carbocycles. The third-order valence-corrected chi connectivity index (χ3v) is 14.7. The van der Waals surface area contributed by atoms with Crippen molar-refractivity contribution in [1.29, 1.82) is 0 Å². The maximum absolute atomic E-state index is 11.5. The molecule has 0 bridgehead atoms. The van der Waals surface area contributed by atoms with Gasteiger partial charge in [0.15, 0.2) is 0 Å². The number of alkyl carbamates (subject to hydrolysis) is 1. The summed E-state index contributed by atoms with van der Waals surface area (Å²) in [6.07, 6.45) is 16.1. The van der Waals surface area contributed by atoms with Crippen LogP contribution in [0.25, 0.3) is 55.7 Å². The Morgan fingerprint density at radius 1 is 0.605 bits per heavy atom. The molecule has 12 rings (SSSR count). The van der Waals surface area contributed by atoms with Gasteiger partial charge in [-0.05, 0) is 131 Å². The molecule has 4 aromatic heterocycles. The first kappa shape index (κ1) is 55.8. The van der Waals surface area contributed by atoms with E-state index in [4.69, 9.17) is 72.8 Å². The number of halogens is 3. The number of amides is 1. The van der Waals surface area contributed by atoms with Gasteiger partial charge in [-0.1, -0.05) is 96.0 Å². The van der Waals surface area contributed by atoms with Gasteiger partial charge in [-0.3, -0.25) is 0 Å². The van der Waals surface area contributed by atoms with Gasteiger partial charge in [-0.25, -0.2) is 24.7 Å². The number of aromatic nitrogens is 6. The molecule has 4 aliphatic rings. The monoisotopic (exact) mass is 1120 g/mol. The van der Waals surface area contributed by atoms with E-state index in [0.29, 0.717) is 56.7 Å². The zero-order valence-electron chi connectivity index (χ0n) is 41.9. The van der Waals surface area contributed by atoms with Crippen LogP contribution in [-0.4, -0.2) is 81.8 Å². The van der Waals surface area contributed by atoms with Crippen LogP contribution in [0.15, 0.2) is 134 Å². The van der Waals surface area contributed by atoms with Crippen LogP contribution in [0.5, 0.6) is 0 Å². The van der Waals surface area contributed by atoms with Crippen molar-refractivity contribution >= 4 is 91.8 Å². The highest BCUT2D eigenvalue weighted by Crippen LogP contribution is 2.56. The Morgan fingerprint density at radius 3 is 1.46 bits per heavy atom. The zero-order chi connectivity index (χ0) is 54.2. The number of benzene rings is 4. The fraction of sp³-hybridized carbons (Fsp3) is 0.327. The van der Waals surface area contributed by atoms with Crippen molar-refractivity contribution in [3.8, 4) is 33.9 Å². The molecule has 1 amide bonds. The maximum atomic E-state index is 11.5. The normalized spacial score (nSPS) is 21.6. The first-order chi connectivity index (χ1) is 36.4. The van der Waals surface area contributed by atoms with Gasteiger partial charge in [0.1, 0.15) is 5.60 Å². The van der Waals surface area contributed by atoms with Gasteiger partial charge in [0.2, 0.25) is 11.2 Å². The fourth-order valence-electron chi connectivity index (χ4n) is 11.1. The van der Waals surface area contributed by atoms with E-state index in [-0.39, 0.29) is 11.4 Å². The summed E-state index contributed by atoms with van der Waals surface area (Å²) in [5.41, 5.74) is 20.0. The van der Waals surface area contributed by atoms with E-state index in [2.05, 4.69) is 95.5 Å². The van der Waals surface area contributed by atoms with Crippen molar-refractivity contribution in [1.82, 2.24) is 34.4 Å². The molecular formula is C55H57Cl3N10O6S2. The van der Waals surface area contributed by atoms with Crippen LogP contribution < -0.4 is 22.1 Å². The molecule has 0 saturated heterocycles. The summed E-state index contributed by atoms with van der Waals surface area (Å²) in [4.78, 5) is 29.0. The minimum atomic E-state index is -0.750. The number of rotatable bonds is 7. The van der Waals surface area contributed by atoms with Gasteiger partial charge in [-0.2, -0.15) is 16.8 Å². The number of fused-ring (bicyclic) bond motifs is 2. The Kier molecular flexibility index (Phi) is 17.9. The molecule has 76 heavy (non-hydrogen) atoms. The van der Waals surface area contributed by atoms with E-state index in [1.807, 2.05) is 81.6 Å². The summed E-state index contributed by atoms with van der Waals surface area (Å²) in [5.74, 6) is 0.638. The van der Waals surface area contributed by atoms with Gasteiger partial charge >= 0.3 is 29.2 Å². The molecule has 2 spiro atoms. The Morgan fingerprint density at radius 2 is 1.01 bits per heavy atom. The lowest BCUT2D eigenvalue weighted by atomic mass is 9.52. The Bertz CT molecular complexity index is 3360. The van der Waals surface area contributed by atoms with Crippen molar-refractivity contribution in [2.45, 2.75) is 102 Å². The van der Waals surface area contributed by atoms with Crippen LogP contribution in [-0.2, 0) is 27.9 Å². The Balaban J connectivity index is 0.000000150. The van der Waals surface area contributed by atoms with Crippen LogP contribution in [0.2, 0.25) is 15.3 Å². The molecule has 6 N–H and O–H groups in total. The molecule has 16 nitrogen and oxygen atoms in total. The van der Waals surface area contributed by atoms with Crippen molar-refractivity contribution in [3.05, 3.63) is 149 Å². The quantitative estimate of drug-likeness (QED) is 0.109. The molecule has 4 aliphatic carbocycles. The Labute approximate surface area is 462 Å². The van der Waals surface area contributed by atoms with E-state index in [9.17, 15) is 4.79 Å². The number of para-hydroxylation sites is 4. The summed E-state index contributed by atoms with van der Waals surface area (Å²) in [7, 11) is 0. The van der Waals surface area contributed by atoms with E-state index >= 15 is 0 Å². The third-order valence-electron chi connectivity index (χ3n) is 14.0. The maximum Gasteiger partial charge on any atom is 0.407 e. The molecule has 0 radical (unpaired) electrons. The number of nitrogens with two attached hydrogens (primary N) is 2. The van der Waals surface area contributed by atoms with Crippen molar-refractivity contribution in [2.24, 2.45) is 22.3 Å². The molecule has 4 aromatic carbocycles. The predicted molar refractivity (Wildman–Crippen MR) is 300 cm³/mol. The second-order valence-corrected chi connectivity index (χ2v) is 22.2. The highest BCUT2D eigenvalue weighted by atomic mass is 35.5. The van der Waals surface area contributed by atoms with Crippen LogP contribution in [0.4, 0.5) is 10.7 Å². The van der Waals surface area contributed by atoms with Crippen molar-refractivity contribution in [2.75, 3.05) is 5.32 Å². The summed E-state index contributed by atoms with van der Waals surface area (Å²) < 4.78 is 42.7. The smallest absolute Gasteiger partial charge is 0.407 e. The van der Waals surface area contributed by atoms with E-state index in [1.165, 1.54) is 6.20 Å². The third kappa shape index (κ3) is 13.2. The highest BCUT2D eigenvalue weighted by molar-refractivity contribution is 7.52. The van der Waals surface area contributed by atoms with E-state index in [0.717, 1.165) is 101 Å². The van der Waals surface area contributed by atoms with Crippen LogP contribution in [0.3, 0.4) is 0 Å². The number of carbonyl (C=O) groups is 1. The summed E-state index contributed by atoms with van der Waals surface area (Å²) in [6.45, 7) is 5.62. The molecule has 0 unspecified atom stereocenters. The lowest BCUT2D eigenvalue weighted by Gasteiger charge is -2.57.